The first-order chi connectivity index (χ1) is 13.1. The summed E-state index contributed by atoms with van der Waals surface area (Å²) in [6, 6.07) is 15.2. The van der Waals surface area contributed by atoms with Crippen molar-refractivity contribution in [3.63, 3.8) is 0 Å². The standard InChI is InChI=1S/C20H19N5O2/c1-12-15-9-8-14(27-2)10-17(15)23-19(21-12)25-20-22-16(11-18(26)24-20)13-6-4-3-5-7-13/h3-10,16H,11H2,1-2H3,(H2,21,22,23,24,25,26). The topological polar surface area (TPSA) is 88.5 Å². The monoisotopic (exact) mass is 361 g/mol. The molecule has 1 unspecified atom stereocenters. The molecule has 0 aliphatic carbocycles. The van der Waals surface area contributed by atoms with E-state index >= 15 is 0 Å². The lowest BCUT2D eigenvalue weighted by atomic mass is 10.0. The Bertz CT molecular complexity index is 1030. The minimum Gasteiger partial charge on any atom is -0.497 e. The van der Waals surface area contributed by atoms with Crippen LogP contribution in [-0.4, -0.2) is 28.9 Å². The molecule has 0 spiro atoms. The summed E-state index contributed by atoms with van der Waals surface area (Å²) in [7, 11) is 1.62. The van der Waals surface area contributed by atoms with Gasteiger partial charge >= 0.3 is 0 Å². The summed E-state index contributed by atoms with van der Waals surface area (Å²) in [6.45, 7) is 1.91. The molecule has 4 rings (SSSR count). The van der Waals surface area contributed by atoms with Gasteiger partial charge in [-0.2, -0.15) is 0 Å². The van der Waals surface area contributed by atoms with Gasteiger partial charge in [-0.1, -0.05) is 30.3 Å². The van der Waals surface area contributed by atoms with Crippen molar-refractivity contribution in [2.45, 2.75) is 19.4 Å². The third-order valence-corrected chi connectivity index (χ3v) is 4.43. The SMILES string of the molecule is COc1ccc2c(C)nc(NC3=NC(c4ccccc4)CC(=O)N3)nc2c1. The molecule has 1 aromatic heterocycles. The third kappa shape index (κ3) is 3.57. The molecule has 1 atom stereocenters. The number of anilines is 1. The molecule has 27 heavy (non-hydrogen) atoms. The average molecular weight is 361 g/mol. The molecule has 136 valence electrons. The maximum absolute atomic E-state index is 12.1. The number of carbonyl (C=O) groups is 1. The molecule has 1 aliphatic heterocycles. The molecule has 0 saturated carbocycles. The van der Waals surface area contributed by atoms with Crippen LogP contribution in [0.4, 0.5) is 5.95 Å². The van der Waals surface area contributed by atoms with E-state index in [2.05, 4.69) is 25.6 Å². The van der Waals surface area contributed by atoms with Crippen LogP contribution in [0.5, 0.6) is 5.75 Å². The molecule has 7 heteroatoms. The van der Waals surface area contributed by atoms with Crippen molar-refractivity contribution in [2.24, 2.45) is 4.99 Å². The van der Waals surface area contributed by atoms with E-state index in [1.54, 1.807) is 7.11 Å². The predicted molar refractivity (Wildman–Crippen MR) is 104 cm³/mol. The molecule has 2 N–H and O–H groups in total. The summed E-state index contributed by atoms with van der Waals surface area (Å²) < 4.78 is 5.27. The second-order valence-electron chi connectivity index (χ2n) is 6.30. The minimum atomic E-state index is -0.232. The number of methoxy groups -OCH3 is 1. The van der Waals surface area contributed by atoms with Crippen molar-refractivity contribution in [1.82, 2.24) is 15.3 Å². The summed E-state index contributed by atoms with van der Waals surface area (Å²) in [6.07, 6.45) is 0.310. The molecule has 0 fully saturated rings. The van der Waals surface area contributed by atoms with Gasteiger partial charge in [0.25, 0.3) is 0 Å². The van der Waals surface area contributed by atoms with Gasteiger partial charge in [-0.15, -0.1) is 0 Å². The number of aromatic nitrogens is 2. The van der Waals surface area contributed by atoms with Gasteiger partial charge in [-0.05, 0) is 24.6 Å². The number of nitrogens with zero attached hydrogens (tertiary/aromatic N) is 3. The fourth-order valence-corrected chi connectivity index (χ4v) is 3.08. The number of aliphatic imine (C=N–C) groups is 1. The Kier molecular flexibility index (Phi) is 4.42. The van der Waals surface area contributed by atoms with Crippen molar-refractivity contribution < 1.29 is 9.53 Å². The highest BCUT2D eigenvalue weighted by Gasteiger charge is 2.23. The first-order valence-corrected chi connectivity index (χ1v) is 8.64. The van der Waals surface area contributed by atoms with E-state index in [9.17, 15) is 4.79 Å². The first-order valence-electron chi connectivity index (χ1n) is 8.64. The summed E-state index contributed by atoms with van der Waals surface area (Å²) in [4.78, 5) is 25.7. The summed E-state index contributed by atoms with van der Waals surface area (Å²) >= 11 is 0. The molecule has 0 radical (unpaired) electrons. The van der Waals surface area contributed by atoms with E-state index in [-0.39, 0.29) is 11.9 Å². The van der Waals surface area contributed by atoms with Gasteiger partial charge in [0.05, 0.1) is 30.8 Å². The number of guanidine groups is 1. The van der Waals surface area contributed by atoms with Crippen molar-refractivity contribution in [1.29, 1.82) is 0 Å². The summed E-state index contributed by atoms with van der Waals surface area (Å²) in [5.74, 6) is 1.35. The molecule has 0 saturated heterocycles. The quantitative estimate of drug-likeness (QED) is 0.749. The predicted octanol–water partition coefficient (Wildman–Crippen LogP) is 2.98. The van der Waals surface area contributed by atoms with E-state index < -0.39 is 0 Å². The van der Waals surface area contributed by atoms with Crippen LogP contribution in [0.25, 0.3) is 10.9 Å². The number of rotatable bonds is 3. The van der Waals surface area contributed by atoms with Crippen LogP contribution in [-0.2, 0) is 4.79 Å². The van der Waals surface area contributed by atoms with E-state index in [0.29, 0.717) is 18.3 Å². The number of benzene rings is 2. The van der Waals surface area contributed by atoms with Crippen LogP contribution >= 0.6 is 0 Å². The van der Waals surface area contributed by atoms with Crippen LogP contribution in [0.2, 0.25) is 0 Å². The first kappa shape index (κ1) is 17.0. The van der Waals surface area contributed by atoms with E-state index in [1.807, 2.05) is 55.5 Å². The van der Waals surface area contributed by atoms with E-state index in [0.717, 1.165) is 27.9 Å². The number of aryl methyl sites for hydroxylation is 1. The lowest BCUT2D eigenvalue weighted by Gasteiger charge is -2.21. The van der Waals surface area contributed by atoms with Crippen molar-refractivity contribution >= 4 is 28.7 Å². The van der Waals surface area contributed by atoms with Gasteiger partial charge < -0.3 is 4.74 Å². The Morgan fingerprint density at radius 2 is 1.96 bits per heavy atom. The fourth-order valence-electron chi connectivity index (χ4n) is 3.08. The van der Waals surface area contributed by atoms with Crippen molar-refractivity contribution in [3.8, 4) is 5.75 Å². The normalized spacial score (nSPS) is 16.6. The van der Waals surface area contributed by atoms with E-state index in [4.69, 9.17) is 4.74 Å². The van der Waals surface area contributed by atoms with Crippen LogP contribution < -0.4 is 15.4 Å². The van der Waals surface area contributed by atoms with Crippen LogP contribution in [0, 0.1) is 6.92 Å². The summed E-state index contributed by atoms with van der Waals surface area (Å²) in [5.41, 5.74) is 2.58. The zero-order valence-electron chi connectivity index (χ0n) is 15.1. The number of fused-ring (bicyclic) bond motifs is 1. The smallest absolute Gasteiger partial charge is 0.230 e. The molecule has 2 heterocycles. The zero-order chi connectivity index (χ0) is 18.8. The highest BCUT2D eigenvalue weighted by molar-refractivity contribution is 6.05. The Morgan fingerprint density at radius 1 is 1.15 bits per heavy atom. The minimum absolute atomic E-state index is 0.0967. The molecular weight excluding hydrogens is 342 g/mol. The molecule has 7 nitrogen and oxygen atoms in total. The van der Waals surface area contributed by atoms with Gasteiger partial charge in [0, 0.05) is 11.5 Å². The Hall–Kier alpha value is -3.48. The second-order valence-corrected chi connectivity index (χ2v) is 6.30. The van der Waals surface area contributed by atoms with Crippen LogP contribution in [0.1, 0.15) is 23.7 Å². The largest absolute Gasteiger partial charge is 0.497 e. The molecule has 1 amide bonds. The second kappa shape index (κ2) is 7.03. The lowest BCUT2D eigenvalue weighted by Crippen LogP contribution is -2.40. The van der Waals surface area contributed by atoms with Crippen molar-refractivity contribution in [3.05, 3.63) is 59.8 Å². The van der Waals surface area contributed by atoms with Crippen molar-refractivity contribution in [2.75, 3.05) is 12.4 Å². The van der Waals surface area contributed by atoms with Gasteiger partial charge in [-0.3, -0.25) is 15.4 Å². The highest BCUT2D eigenvalue weighted by Crippen LogP contribution is 2.25. The lowest BCUT2D eigenvalue weighted by molar-refractivity contribution is -0.120. The van der Waals surface area contributed by atoms with Crippen LogP contribution in [0.3, 0.4) is 0 Å². The number of ether oxygens (including phenoxy) is 1. The molecule has 3 aromatic rings. The number of amides is 1. The maximum atomic E-state index is 12.1. The number of hydrogen-bond donors (Lipinski definition) is 2. The number of nitrogens with one attached hydrogen (secondary N) is 2. The molecule has 0 bridgehead atoms. The zero-order valence-corrected chi connectivity index (χ0v) is 15.1. The van der Waals surface area contributed by atoms with Gasteiger partial charge in [0.15, 0.2) is 0 Å². The Balaban J connectivity index is 1.66. The van der Waals surface area contributed by atoms with Gasteiger partial charge in [0.2, 0.25) is 17.8 Å². The number of hydrogen-bond acceptors (Lipinski definition) is 6. The summed E-state index contributed by atoms with van der Waals surface area (Å²) in [5, 5.41) is 6.73. The van der Waals surface area contributed by atoms with Gasteiger partial charge in [0.1, 0.15) is 5.75 Å². The Morgan fingerprint density at radius 3 is 2.74 bits per heavy atom. The maximum Gasteiger partial charge on any atom is 0.230 e. The van der Waals surface area contributed by atoms with E-state index in [1.165, 1.54) is 0 Å². The average Bonchev–Trinajstić information content (AvgIpc) is 2.67. The third-order valence-electron chi connectivity index (χ3n) is 4.43. The molecular formula is C20H19N5O2. The number of carbonyl (C=O) groups excluding carboxylic acids is 1. The Labute approximate surface area is 156 Å². The molecule has 1 aliphatic rings. The van der Waals surface area contributed by atoms with Gasteiger partial charge in [-0.25, -0.2) is 15.0 Å². The van der Waals surface area contributed by atoms with Crippen LogP contribution in [0.15, 0.2) is 53.5 Å². The fraction of sp³-hybridized carbons (Fsp3) is 0.200. The highest BCUT2D eigenvalue weighted by atomic mass is 16.5. The molecule has 2 aromatic carbocycles.